The maximum absolute atomic E-state index is 10.3. The molecule has 1 N–H and O–H groups in total. The first-order chi connectivity index (χ1) is 9.92. The average Bonchev–Trinajstić information content (AvgIpc) is 2.90. The highest BCUT2D eigenvalue weighted by Crippen LogP contribution is 2.63. The standard InChI is InChI=1S/C17H31NO3/c1-16(2)13-4-5-17(3,10-13)15(16)21-12-14(19)11-18-6-8-20-9-7-18/h13-15,19H,4-12H2,1-3H3. The highest BCUT2D eigenvalue weighted by Gasteiger charge is 2.60. The summed E-state index contributed by atoms with van der Waals surface area (Å²) in [6, 6.07) is 0. The van der Waals surface area contributed by atoms with Crippen molar-refractivity contribution in [2.75, 3.05) is 39.5 Å². The molecule has 4 heteroatoms. The topological polar surface area (TPSA) is 41.9 Å². The Morgan fingerprint density at radius 2 is 2.00 bits per heavy atom. The third-order valence-electron chi connectivity index (χ3n) is 6.17. The average molecular weight is 297 g/mol. The number of nitrogens with zero attached hydrogens (tertiary/aromatic N) is 1. The van der Waals surface area contributed by atoms with Crippen LogP contribution < -0.4 is 0 Å². The van der Waals surface area contributed by atoms with Gasteiger partial charge in [-0.3, -0.25) is 4.90 Å². The van der Waals surface area contributed by atoms with Crippen LogP contribution in [0.2, 0.25) is 0 Å². The monoisotopic (exact) mass is 297 g/mol. The molecular weight excluding hydrogens is 266 g/mol. The third-order valence-corrected chi connectivity index (χ3v) is 6.17. The SMILES string of the molecule is CC12CCC(C1)C(C)(C)C2OCC(O)CN1CCOCC1. The second-order valence-corrected chi connectivity index (χ2v) is 8.20. The van der Waals surface area contributed by atoms with Crippen LogP contribution in [0.4, 0.5) is 0 Å². The van der Waals surface area contributed by atoms with Crippen LogP contribution in [0.3, 0.4) is 0 Å². The molecule has 0 radical (unpaired) electrons. The predicted molar refractivity (Wildman–Crippen MR) is 82.2 cm³/mol. The number of aliphatic hydroxyl groups excluding tert-OH is 1. The fraction of sp³-hybridized carbons (Fsp3) is 1.00. The Hall–Kier alpha value is -0.160. The zero-order valence-electron chi connectivity index (χ0n) is 13.8. The zero-order valence-corrected chi connectivity index (χ0v) is 13.8. The normalized spacial score (nSPS) is 40.6. The molecule has 122 valence electrons. The second kappa shape index (κ2) is 5.80. The maximum Gasteiger partial charge on any atom is 0.0900 e. The zero-order chi connectivity index (χ0) is 15.1. The van der Waals surface area contributed by atoms with Gasteiger partial charge < -0.3 is 14.6 Å². The molecule has 4 atom stereocenters. The van der Waals surface area contributed by atoms with E-state index in [-0.39, 0.29) is 11.5 Å². The molecule has 1 saturated heterocycles. The Bertz CT molecular complexity index is 362. The van der Waals surface area contributed by atoms with Gasteiger partial charge in [-0.05, 0) is 36.0 Å². The fourth-order valence-electron chi connectivity index (χ4n) is 5.01. The first-order valence-electron chi connectivity index (χ1n) is 8.51. The van der Waals surface area contributed by atoms with E-state index < -0.39 is 0 Å². The lowest BCUT2D eigenvalue weighted by molar-refractivity contribution is -0.115. The smallest absolute Gasteiger partial charge is 0.0900 e. The van der Waals surface area contributed by atoms with Crippen molar-refractivity contribution < 1.29 is 14.6 Å². The largest absolute Gasteiger partial charge is 0.389 e. The number of hydrogen-bond donors (Lipinski definition) is 1. The summed E-state index contributed by atoms with van der Waals surface area (Å²) in [5.74, 6) is 0.795. The first-order valence-corrected chi connectivity index (χ1v) is 8.51. The summed E-state index contributed by atoms with van der Waals surface area (Å²) in [4.78, 5) is 2.27. The lowest BCUT2D eigenvalue weighted by atomic mass is 9.70. The van der Waals surface area contributed by atoms with E-state index >= 15 is 0 Å². The van der Waals surface area contributed by atoms with Crippen molar-refractivity contribution in [3.63, 3.8) is 0 Å². The number of β-amino-alcohol motifs (C(OH)–C–C–N with tert-alkyl or cyclic N) is 1. The number of fused-ring (bicyclic) bond motifs is 2. The van der Waals surface area contributed by atoms with Gasteiger partial charge in [0.05, 0.1) is 32.0 Å². The van der Waals surface area contributed by atoms with Crippen molar-refractivity contribution in [2.45, 2.75) is 52.2 Å². The Labute approximate surface area is 128 Å². The lowest BCUT2D eigenvalue weighted by Crippen LogP contribution is -2.46. The molecule has 3 aliphatic rings. The van der Waals surface area contributed by atoms with Crippen molar-refractivity contribution in [3.8, 4) is 0 Å². The van der Waals surface area contributed by atoms with Gasteiger partial charge in [0, 0.05) is 19.6 Å². The highest BCUT2D eigenvalue weighted by molar-refractivity contribution is 5.09. The van der Waals surface area contributed by atoms with Crippen molar-refractivity contribution in [3.05, 3.63) is 0 Å². The van der Waals surface area contributed by atoms with Crippen LogP contribution in [0.5, 0.6) is 0 Å². The minimum Gasteiger partial charge on any atom is -0.389 e. The Morgan fingerprint density at radius 1 is 1.29 bits per heavy atom. The minimum absolute atomic E-state index is 0.256. The van der Waals surface area contributed by atoms with Crippen LogP contribution in [0.1, 0.15) is 40.0 Å². The Morgan fingerprint density at radius 3 is 2.62 bits per heavy atom. The van der Waals surface area contributed by atoms with Crippen molar-refractivity contribution in [1.82, 2.24) is 4.90 Å². The lowest BCUT2D eigenvalue weighted by Gasteiger charge is -2.42. The predicted octanol–water partition coefficient (Wildman–Crippen LogP) is 1.91. The quantitative estimate of drug-likeness (QED) is 0.842. The van der Waals surface area contributed by atoms with Gasteiger partial charge in [0.2, 0.25) is 0 Å². The number of rotatable bonds is 5. The molecule has 0 amide bonds. The van der Waals surface area contributed by atoms with Gasteiger partial charge in [-0.15, -0.1) is 0 Å². The van der Waals surface area contributed by atoms with E-state index in [4.69, 9.17) is 9.47 Å². The molecule has 21 heavy (non-hydrogen) atoms. The van der Waals surface area contributed by atoms with Gasteiger partial charge in [0.1, 0.15) is 0 Å². The van der Waals surface area contributed by atoms with E-state index in [0.29, 0.717) is 24.7 Å². The molecule has 0 aromatic heterocycles. The molecule has 1 heterocycles. The fourth-order valence-corrected chi connectivity index (χ4v) is 5.01. The Kier molecular flexibility index (Phi) is 4.34. The molecule has 1 aliphatic heterocycles. The summed E-state index contributed by atoms with van der Waals surface area (Å²) in [6.07, 6.45) is 3.83. The van der Waals surface area contributed by atoms with Crippen LogP contribution in [0, 0.1) is 16.7 Å². The van der Waals surface area contributed by atoms with Gasteiger partial charge in [-0.25, -0.2) is 0 Å². The van der Waals surface area contributed by atoms with Crippen LogP contribution in [-0.4, -0.2) is 61.7 Å². The van der Waals surface area contributed by atoms with Crippen LogP contribution in [0.25, 0.3) is 0 Å². The summed E-state index contributed by atoms with van der Waals surface area (Å²) in [7, 11) is 0. The van der Waals surface area contributed by atoms with E-state index in [0.717, 1.165) is 32.2 Å². The molecule has 4 unspecified atom stereocenters. The molecule has 0 spiro atoms. The molecule has 2 saturated carbocycles. The van der Waals surface area contributed by atoms with Crippen molar-refractivity contribution >= 4 is 0 Å². The molecular formula is C17H31NO3. The minimum atomic E-state index is -0.387. The second-order valence-electron chi connectivity index (χ2n) is 8.20. The van der Waals surface area contributed by atoms with Crippen LogP contribution in [-0.2, 0) is 9.47 Å². The summed E-state index contributed by atoms with van der Waals surface area (Å²) >= 11 is 0. The Balaban J connectivity index is 1.50. The summed E-state index contributed by atoms with van der Waals surface area (Å²) in [5, 5.41) is 10.3. The molecule has 0 aromatic carbocycles. The summed E-state index contributed by atoms with van der Waals surface area (Å²) < 4.78 is 11.6. The van der Waals surface area contributed by atoms with E-state index in [1.165, 1.54) is 19.3 Å². The molecule has 2 aliphatic carbocycles. The van der Waals surface area contributed by atoms with Crippen molar-refractivity contribution in [1.29, 1.82) is 0 Å². The number of aliphatic hydroxyl groups is 1. The first kappa shape index (κ1) is 15.7. The van der Waals surface area contributed by atoms with E-state index in [1.54, 1.807) is 0 Å². The van der Waals surface area contributed by atoms with Gasteiger partial charge >= 0.3 is 0 Å². The molecule has 3 rings (SSSR count). The summed E-state index contributed by atoms with van der Waals surface area (Å²) in [5.41, 5.74) is 0.582. The number of ether oxygens (including phenoxy) is 2. The molecule has 3 fully saturated rings. The molecule has 4 nitrogen and oxygen atoms in total. The summed E-state index contributed by atoms with van der Waals surface area (Å²) in [6.45, 7) is 11.6. The van der Waals surface area contributed by atoms with E-state index in [1.807, 2.05) is 0 Å². The highest BCUT2D eigenvalue weighted by atomic mass is 16.5. The van der Waals surface area contributed by atoms with Gasteiger partial charge in [0.25, 0.3) is 0 Å². The van der Waals surface area contributed by atoms with Gasteiger partial charge in [-0.1, -0.05) is 20.8 Å². The molecule has 0 aromatic rings. The van der Waals surface area contributed by atoms with Gasteiger partial charge in [0.15, 0.2) is 0 Å². The number of morpholine rings is 1. The molecule has 2 bridgehead atoms. The van der Waals surface area contributed by atoms with E-state index in [2.05, 4.69) is 25.7 Å². The van der Waals surface area contributed by atoms with Crippen LogP contribution >= 0.6 is 0 Å². The van der Waals surface area contributed by atoms with Crippen molar-refractivity contribution in [2.24, 2.45) is 16.7 Å². The van der Waals surface area contributed by atoms with E-state index in [9.17, 15) is 5.11 Å². The maximum atomic E-state index is 10.3. The van der Waals surface area contributed by atoms with Crippen LogP contribution in [0.15, 0.2) is 0 Å². The van der Waals surface area contributed by atoms with Gasteiger partial charge in [-0.2, -0.15) is 0 Å². The third kappa shape index (κ3) is 3.00. The number of hydrogen-bond acceptors (Lipinski definition) is 4.